The summed E-state index contributed by atoms with van der Waals surface area (Å²) in [7, 11) is -2.12. The molecular formula is C18H22N2O6S. The molecule has 0 saturated carbocycles. The highest BCUT2D eigenvalue weighted by Gasteiger charge is 2.36. The van der Waals surface area contributed by atoms with Crippen molar-refractivity contribution in [2.75, 3.05) is 20.2 Å². The molecule has 1 aliphatic rings. The molecule has 8 nitrogen and oxygen atoms in total. The van der Waals surface area contributed by atoms with Crippen LogP contribution in [-0.2, 0) is 14.8 Å². The fraction of sp³-hybridized carbons (Fsp3) is 0.444. The number of piperidine rings is 1. The number of carbonyl (C=O) groups excluding carboxylic acids is 1. The van der Waals surface area contributed by atoms with Crippen LogP contribution >= 0.6 is 0 Å². The van der Waals surface area contributed by atoms with Crippen LogP contribution in [0.2, 0.25) is 0 Å². The van der Waals surface area contributed by atoms with Gasteiger partial charge in [0.1, 0.15) is 22.1 Å². The zero-order chi connectivity index (χ0) is 19.6. The highest BCUT2D eigenvalue weighted by molar-refractivity contribution is 7.89. The summed E-state index contributed by atoms with van der Waals surface area (Å²) in [5.41, 5.74) is 0.341. The van der Waals surface area contributed by atoms with Crippen molar-refractivity contribution >= 4 is 16.0 Å². The van der Waals surface area contributed by atoms with E-state index in [1.165, 1.54) is 4.31 Å². The van der Waals surface area contributed by atoms with Gasteiger partial charge in [-0.15, -0.1) is 0 Å². The zero-order valence-corrected chi connectivity index (χ0v) is 16.3. The van der Waals surface area contributed by atoms with E-state index in [2.05, 4.69) is 5.16 Å². The van der Waals surface area contributed by atoms with Gasteiger partial charge in [-0.25, -0.2) is 8.42 Å². The van der Waals surface area contributed by atoms with Crippen molar-refractivity contribution in [3.05, 3.63) is 35.7 Å². The van der Waals surface area contributed by atoms with E-state index in [0.29, 0.717) is 30.0 Å². The van der Waals surface area contributed by atoms with Crippen molar-refractivity contribution in [3.63, 3.8) is 0 Å². The van der Waals surface area contributed by atoms with Crippen LogP contribution in [0.4, 0.5) is 0 Å². The molecule has 0 N–H and O–H groups in total. The highest BCUT2D eigenvalue weighted by atomic mass is 32.2. The smallest absolute Gasteiger partial charge is 0.314 e. The van der Waals surface area contributed by atoms with E-state index in [9.17, 15) is 13.2 Å². The molecule has 0 bridgehead atoms. The van der Waals surface area contributed by atoms with Gasteiger partial charge in [0.05, 0.1) is 13.0 Å². The van der Waals surface area contributed by atoms with Crippen LogP contribution in [0.1, 0.15) is 24.3 Å². The number of carbonyl (C=O) groups is 1. The largest absolute Gasteiger partial charge is 0.497 e. The third kappa shape index (κ3) is 3.98. The normalized spacial score (nSPS) is 16.3. The van der Waals surface area contributed by atoms with Gasteiger partial charge >= 0.3 is 5.97 Å². The number of aryl methyl sites for hydroxylation is 2. The van der Waals surface area contributed by atoms with Gasteiger partial charge in [0.2, 0.25) is 10.0 Å². The molecule has 146 valence electrons. The van der Waals surface area contributed by atoms with Gasteiger partial charge in [-0.05, 0) is 51.0 Å². The molecule has 0 aliphatic carbocycles. The minimum atomic E-state index is -3.68. The lowest BCUT2D eigenvalue weighted by atomic mass is 9.98. The quantitative estimate of drug-likeness (QED) is 0.567. The Morgan fingerprint density at radius 2 is 1.74 bits per heavy atom. The molecule has 3 rings (SSSR count). The highest BCUT2D eigenvalue weighted by Crippen LogP contribution is 2.28. The SMILES string of the molecule is COc1ccc(OC(=O)C2CCN(S(=O)(=O)c3c(C)noc3C)CC2)cc1. The Balaban J connectivity index is 1.62. The van der Waals surface area contributed by atoms with Crippen LogP contribution in [0.3, 0.4) is 0 Å². The third-order valence-electron chi connectivity index (χ3n) is 4.63. The maximum Gasteiger partial charge on any atom is 0.314 e. The monoisotopic (exact) mass is 394 g/mol. The van der Waals surface area contributed by atoms with Gasteiger partial charge in [-0.2, -0.15) is 4.31 Å². The standard InChI is InChI=1S/C18H22N2O6S/c1-12-17(13(2)26-19-12)27(22,23)20-10-8-14(9-11-20)18(21)25-16-6-4-15(24-3)5-7-16/h4-7,14H,8-11H2,1-3H3. The number of ether oxygens (including phenoxy) is 2. The molecule has 1 fully saturated rings. The van der Waals surface area contributed by atoms with Crippen molar-refractivity contribution in [1.29, 1.82) is 0 Å². The Labute approximate surface area is 158 Å². The second-order valence-electron chi connectivity index (χ2n) is 6.43. The van der Waals surface area contributed by atoms with Gasteiger partial charge in [0.25, 0.3) is 0 Å². The average Bonchev–Trinajstić information content (AvgIpc) is 3.01. The van der Waals surface area contributed by atoms with Crippen molar-refractivity contribution in [2.24, 2.45) is 5.92 Å². The lowest BCUT2D eigenvalue weighted by Crippen LogP contribution is -2.41. The van der Waals surface area contributed by atoms with Gasteiger partial charge in [-0.1, -0.05) is 5.16 Å². The van der Waals surface area contributed by atoms with Crippen molar-refractivity contribution < 1.29 is 27.2 Å². The van der Waals surface area contributed by atoms with Crippen molar-refractivity contribution in [2.45, 2.75) is 31.6 Å². The number of esters is 1. The predicted molar refractivity (Wildman–Crippen MR) is 96.1 cm³/mol. The molecule has 9 heteroatoms. The Morgan fingerprint density at radius 1 is 1.15 bits per heavy atom. The van der Waals surface area contributed by atoms with Crippen molar-refractivity contribution in [1.82, 2.24) is 9.46 Å². The second-order valence-corrected chi connectivity index (χ2v) is 8.30. The molecule has 1 aromatic heterocycles. The van der Waals surface area contributed by atoms with E-state index < -0.39 is 10.0 Å². The van der Waals surface area contributed by atoms with E-state index >= 15 is 0 Å². The lowest BCUT2D eigenvalue weighted by molar-refractivity contribution is -0.140. The van der Waals surface area contributed by atoms with E-state index in [1.54, 1.807) is 45.2 Å². The molecule has 2 heterocycles. The fourth-order valence-electron chi connectivity index (χ4n) is 3.15. The van der Waals surface area contributed by atoms with Gasteiger partial charge in [0.15, 0.2) is 5.76 Å². The maximum atomic E-state index is 12.8. The maximum absolute atomic E-state index is 12.8. The molecule has 1 aliphatic heterocycles. The third-order valence-corrected chi connectivity index (χ3v) is 6.77. The van der Waals surface area contributed by atoms with E-state index in [4.69, 9.17) is 14.0 Å². The molecule has 1 saturated heterocycles. The Hall–Kier alpha value is -2.39. The van der Waals surface area contributed by atoms with Gasteiger partial charge in [-0.3, -0.25) is 4.79 Å². The number of nitrogens with zero attached hydrogens (tertiary/aromatic N) is 2. The fourth-order valence-corrected chi connectivity index (χ4v) is 4.91. The van der Waals surface area contributed by atoms with Crippen LogP contribution in [0.5, 0.6) is 11.5 Å². The zero-order valence-electron chi connectivity index (χ0n) is 15.5. The van der Waals surface area contributed by atoms with E-state index in [1.807, 2.05) is 0 Å². The number of sulfonamides is 1. The van der Waals surface area contributed by atoms with Crippen LogP contribution < -0.4 is 9.47 Å². The Kier molecular flexibility index (Phi) is 5.52. The number of aromatic nitrogens is 1. The summed E-state index contributed by atoms with van der Waals surface area (Å²) in [4.78, 5) is 12.5. The summed E-state index contributed by atoms with van der Waals surface area (Å²) < 4.78 is 42.4. The molecule has 0 amide bonds. The molecule has 27 heavy (non-hydrogen) atoms. The molecule has 2 aromatic rings. The number of methoxy groups -OCH3 is 1. The summed E-state index contributed by atoms with van der Waals surface area (Å²) >= 11 is 0. The second kappa shape index (κ2) is 7.69. The van der Waals surface area contributed by atoms with Crippen LogP contribution in [0.15, 0.2) is 33.7 Å². The first-order chi connectivity index (χ1) is 12.8. The first-order valence-corrected chi connectivity index (χ1v) is 10.1. The number of hydrogen-bond acceptors (Lipinski definition) is 7. The topological polar surface area (TPSA) is 98.9 Å². The van der Waals surface area contributed by atoms with Crippen LogP contribution in [0, 0.1) is 19.8 Å². The molecule has 1 aromatic carbocycles. The van der Waals surface area contributed by atoms with Crippen molar-refractivity contribution in [3.8, 4) is 11.5 Å². The Bertz CT molecular complexity index is 892. The average molecular weight is 394 g/mol. The minimum absolute atomic E-state index is 0.113. The minimum Gasteiger partial charge on any atom is -0.497 e. The van der Waals surface area contributed by atoms with E-state index in [0.717, 1.165) is 0 Å². The summed E-state index contributed by atoms with van der Waals surface area (Å²) in [5, 5.41) is 3.72. The number of hydrogen-bond donors (Lipinski definition) is 0. The first-order valence-electron chi connectivity index (χ1n) is 8.61. The molecule has 0 atom stereocenters. The lowest BCUT2D eigenvalue weighted by Gasteiger charge is -2.29. The summed E-state index contributed by atoms with van der Waals surface area (Å²) in [6, 6.07) is 6.74. The first kappa shape index (κ1) is 19.4. The predicted octanol–water partition coefficient (Wildman–Crippen LogP) is 2.31. The van der Waals surface area contributed by atoms with Crippen LogP contribution in [0.25, 0.3) is 0 Å². The van der Waals surface area contributed by atoms with Crippen LogP contribution in [-0.4, -0.2) is 44.0 Å². The number of benzene rings is 1. The summed E-state index contributed by atoms with van der Waals surface area (Å²) in [6.45, 7) is 3.66. The number of rotatable bonds is 5. The van der Waals surface area contributed by atoms with Gasteiger partial charge in [0, 0.05) is 13.1 Å². The molecule has 0 spiro atoms. The molecule has 0 radical (unpaired) electrons. The summed E-state index contributed by atoms with van der Waals surface area (Å²) in [5.74, 6) is 0.686. The molecule has 0 unspecified atom stereocenters. The summed E-state index contributed by atoms with van der Waals surface area (Å²) in [6.07, 6.45) is 0.801. The Morgan fingerprint density at radius 3 is 2.26 bits per heavy atom. The molecular weight excluding hydrogens is 372 g/mol. The van der Waals surface area contributed by atoms with Gasteiger partial charge < -0.3 is 14.0 Å². The van der Waals surface area contributed by atoms with E-state index in [-0.39, 0.29) is 35.6 Å².